The molecule has 1 aliphatic rings. The van der Waals surface area contributed by atoms with Crippen LogP contribution in [0.15, 0.2) is 0 Å². The second-order valence-electron chi connectivity index (χ2n) is 3.68. The van der Waals surface area contributed by atoms with Crippen LogP contribution in [0.5, 0.6) is 0 Å². The van der Waals surface area contributed by atoms with Gasteiger partial charge < -0.3 is 10.1 Å². The number of nitrogens with one attached hydrogen (secondary N) is 2. The van der Waals surface area contributed by atoms with Gasteiger partial charge in [-0.3, -0.25) is 0 Å². The van der Waals surface area contributed by atoms with E-state index in [2.05, 4.69) is 10.0 Å². The topological polar surface area (TPSA) is 67.4 Å². The molecule has 0 saturated carbocycles. The molecular weight excluding hydrogens is 216 g/mol. The smallest absolute Gasteiger partial charge is 0.212 e. The standard InChI is InChI=1S/C9H20N2O3S/c1-2-11-15(12,13)7-5-10-9-4-3-6-14-8-9/h9-11H,2-8H2,1H3. The van der Waals surface area contributed by atoms with Crippen LogP contribution in [0.3, 0.4) is 0 Å². The van der Waals surface area contributed by atoms with Crippen molar-refractivity contribution < 1.29 is 13.2 Å². The average molecular weight is 236 g/mol. The molecule has 1 heterocycles. The minimum Gasteiger partial charge on any atom is -0.380 e. The Morgan fingerprint density at radius 1 is 1.47 bits per heavy atom. The lowest BCUT2D eigenvalue weighted by Gasteiger charge is -2.23. The van der Waals surface area contributed by atoms with Crippen LogP contribution < -0.4 is 10.0 Å². The van der Waals surface area contributed by atoms with Gasteiger partial charge in [-0.05, 0) is 12.8 Å². The van der Waals surface area contributed by atoms with Gasteiger partial charge in [-0.2, -0.15) is 0 Å². The van der Waals surface area contributed by atoms with E-state index in [9.17, 15) is 8.42 Å². The number of sulfonamides is 1. The van der Waals surface area contributed by atoms with Gasteiger partial charge in [-0.25, -0.2) is 13.1 Å². The van der Waals surface area contributed by atoms with Crippen LogP contribution in [-0.4, -0.2) is 46.5 Å². The second kappa shape index (κ2) is 6.42. The molecule has 1 unspecified atom stereocenters. The van der Waals surface area contributed by atoms with Gasteiger partial charge in [0.25, 0.3) is 0 Å². The maximum Gasteiger partial charge on any atom is 0.212 e. The Balaban J connectivity index is 2.14. The summed E-state index contributed by atoms with van der Waals surface area (Å²) in [6, 6.07) is 0.315. The Kier molecular flexibility index (Phi) is 5.52. The number of hydrogen-bond acceptors (Lipinski definition) is 4. The summed E-state index contributed by atoms with van der Waals surface area (Å²) >= 11 is 0. The van der Waals surface area contributed by atoms with Crippen molar-refractivity contribution in [3.63, 3.8) is 0 Å². The van der Waals surface area contributed by atoms with Gasteiger partial charge in [0.2, 0.25) is 10.0 Å². The Bertz CT molecular complexity index is 261. The van der Waals surface area contributed by atoms with Crippen molar-refractivity contribution in [3.05, 3.63) is 0 Å². The Morgan fingerprint density at radius 2 is 2.27 bits per heavy atom. The fourth-order valence-corrected chi connectivity index (χ4v) is 2.56. The third-order valence-corrected chi connectivity index (χ3v) is 3.80. The van der Waals surface area contributed by atoms with Gasteiger partial charge in [-0.15, -0.1) is 0 Å². The zero-order valence-corrected chi connectivity index (χ0v) is 9.98. The first-order valence-corrected chi connectivity index (χ1v) is 7.08. The van der Waals surface area contributed by atoms with Crippen LogP contribution in [-0.2, 0) is 14.8 Å². The molecule has 1 aliphatic heterocycles. The van der Waals surface area contributed by atoms with Crippen molar-refractivity contribution in [1.82, 2.24) is 10.0 Å². The first-order chi connectivity index (χ1) is 7.14. The highest BCUT2D eigenvalue weighted by Gasteiger charge is 2.14. The van der Waals surface area contributed by atoms with Crippen LogP contribution in [0.2, 0.25) is 0 Å². The molecule has 90 valence electrons. The van der Waals surface area contributed by atoms with Crippen molar-refractivity contribution >= 4 is 10.0 Å². The highest BCUT2D eigenvalue weighted by Crippen LogP contribution is 2.05. The Hall–Kier alpha value is -0.170. The molecule has 0 spiro atoms. The van der Waals surface area contributed by atoms with Crippen LogP contribution >= 0.6 is 0 Å². The summed E-state index contributed by atoms with van der Waals surface area (Å²) in [5.74, 6) is 0.136. The lowest BCUT2D eigenvalue weighted by atomic mass is 10.1. The minimum atomic E-state index is -3.09. The monoisotopic (exact) mass is 236 g/mol. The molecule has 0 aromatic heterocycles. The quantitative estimate of drug-likeness (QED) is 0.664. The number of hydrogen-bond donors (Lipinski definition) is 2. The van der Waals surface area contributed by atoms with E-state index in [1.54, 1.807) is 6.92 Å². The summed E-state index contributed by atoms with van der Waals surface area (Å²) in [6.07, 6.45) is 2.12. The van der Waals surface area contributed by atoms with E-state index in [4.69, 9.17) is 4.74 Å². The maximum absolute atomic E-state index is 11.3. The van der Waals surface area contributed by atoms with Gasteiger partial charge >= 0.3 is 0 Å². The summed E-state index contributed by atoms with van der Waals surface area (Å²) in [6.45, 7) is 4.24. The molecular formula is C9H20N2O3S. The first kappa shape index (κ1) is 12.9. The average Bonchev–Trinajstić information content (AvgIpc) is 2.19. The summed E-state index contributed by atoms with van der Waals surface area (Å²) < 4.78 is 30.3. The van der Waals surface area contributed by atoms with Crippen LogP contribution in [0.4, 0.5) is 0 Å². The molecule has 0 radical (unpaired) electrons. The molecule has 1 fully saturated rings. The van der Waals surface area contributed by atoms with Crippen molar-refractivity contribution in [2.45, 2.75) is 25.8 Å². The number of rotatable bonds is 6. The molecule has 15 heavy (non-hydrogen) atoms. The Morgan fingerprint density at radius 3 is 2.87 bits per heavy atom. The van der Waals surface area contributed by atoms with E-state index in [0.29, 0.717) is 25.7 Å². The van der Waals surface area contributed by atoms with Gasteiger partial charge in [0.1, 0.15) is 0 Å². The predicted molar refractivity (Wildman–Crippen MR) is 59.3 cm³/mol. The maximum atomic E-state index is 11.3. The highest BCUT2D eigenvalue weighted by atomic mass is 32.2. The third-order valence-electron chi connectivity index (χ3n) is 2.33. The molecule has 0 aromatic carbocycles. The van der Waals surface area contributed by atoms with Gasteiger partial charge in [0.05, 0.1) is 12.4 Å². The summed E-state index contributed by atoms with van der Waals surface area (Å²) in [5.41, 5.74) is 0. The van der Waals surface area contributed by atoms with Crippen molar-refractivity contribution in [3.8, 4) is 0 Å². The lowest BCUT2D eigenvalue weighted by Crippen LogP contribution is -2.40. The van der Waals surface area contributed by atoms with E-state index in [1.165, 1.54) is 0 Å². The highest BCUT2D eigenvalue weighted by molar-refractivity contribution is 7.89. The summed E-state index contributed by atoms with van der Waals surface area (Å²) in [5, 5.41) is 3.19. The van der Waals surface area contributed by atoms with Crippen molar-refractivity contribution in [2.75, 3.05) is 32.1 Å². The Labute approximate surface area is 91.6 Å². The largest absolute Gasteiger partial charge is 0.380 e. The molecule has 0 amide bonds. The summed E-state index contributed by atoms with van der Waals surface area (Å²) in [4.78, 5) is 0. The fraction of sp³-hybridized carbons (Fsp3) is 1.00. The SMILES string of the molecule is CCNS(=O)(=O)CCNC1CCCOC1. The molecule has 0 aromatic rings. The molecule has 1 atom stereocenters. The zero-order valence-electron chi connectivity index (χ0n) is 9.16. The number of ether oxygens (including phenoxy) is 1. The minimum absolute atomic E-state index is 0.136. The van der Waals surface area contributed by atoms with E-state index in [1.807, 2.05) is 0 Å². The molecule has 1 saturated heterocycles. The zero-order chi connectivity index (χ0) is 11.1. The van der Waals surface area contributed by atoms with Crippen LogP contribution in [0, 0.1) is 0 Å². The lowest BCUT2D eigenvalue weighted by molar-refractivity contribution is 0.0712. The van der Waals surface area contributed by atoms with E-state index in [0.717, 1.165) is 19.4 Å². The molecule has 6 heteroatoms. The summed E-state index contributed by atoms with van der Waals surface area (Å²) in [7, 11) is -3.09. The van der Waals surface area contributed by atoms with Crippen LogP contribution in [0.25, 0.3) is 0 Å². The van der Waals surface area contributed by atoms with Crippen molar-refractivity contribution in [1.29, 1.82) is 0 Å². The molecule has 2 N–H and O–H groups in total. The van der Waals surface area contributed by atoms with Crippen LogP contribution in [0.1, 0.15) is 19.8 Å². The van der Waals surface area contributed by atoms with Gasteiger partial charge in [0, 0.05) is 25.7 Å². The first-order valence-electron chi connectivity index (χ1n) is 5.42. The van der Waals surface area contributed by atoms with E-state index in [-0.39, 0.29) is 5.75 Å². The van der Waals surface area contributed by atoms with E-state index >= 15 is 0 Å². The third kappa shape index (κ3) is 5.46. The predicted octanol–water partition coefficient (Wildman–Crippen LogP) is -0.306. The fourth-order valence-electron chi connectivity index (χ4n) is 1.59. The van der Waals surface area contributed by atoms with Gasteiger partial charge in [0.15, 0.2) is 0 Å². The molecule has 0 bridgehead atoms. The van der Waals surface area contributed by atoms with E-state index < -0.39 is 10.0 Å². The molecule has 1 rings (SSSR count). The molecule has 5 nitrogen and oxygen atoms in total. The molecule has 0 aliphatic carbocycles. The normalized spacial score (nSPS) is 22.9. The van der Waals surface area contributed by atoms with Gasteiger partial charge in [-0.1, -0.05) is 6.92 Å². The second-order valence-corrected chi connectivity index (χ2v) is 5.61. The van der Waals surface area contributed by atoms with Crippen molar-refractivity contribution in [2.24, 2.45) is 0 Å².